The normalized spacial score (nSPS) is 28.4. The van der Waals surface area contributed by atoms with Crippen LogP contribution < -0.4 is 4.90 Å². The Kier molecular flexibility index (Phi) is 3.44. The average Bonchev–Trinajstić information content (AvgIpc) is 2.63. The zero-order valence-electron chi connectivity index (χ0n) is 10.8. The Morgan fingerprint density at radius 2 is 2.11 bits per heavy atom. The quantitative estimate of drug-likeness (QED) is 0.766. The van der Waals surface area contributed by atoms with E-state index in [-0.39, 0.29) is 0 Å². The first kappa shape index (κ1) is 12.2. The molecular weight excluding hydrogens is 246 g/mol. The van der Waals surface area contributed by atoms with Crippen molar-refractivity contribution in [3.63, 3.8) is 0 Å². The molecule has 0 radical (unpaired) electrons. The summed E-state index contributed by atoms with van der Waals surface area (Å²) in [6.07, 6.45) is 3.94. The molecule has 0 N–H and O–H groups in total. The number of rotatable bonds is 2. The molecule has 2 saturated heterocycles. The van der Waals surface area contributed by atoms with Gasteiger partial charge in [-0.05, 0) is 38.4 Å². The van der Waals surface area contributed by atoms with Gasteiger partial charge in [-0.3, -0.25) is 4.90 Å². The molecule has 2 aliphatic rings. The predicted octanol–water partition coefficient (Wildman–Crippen LogP) is 2.49. The van der Waals surface area contributed by atoms with Crippen molar-refractivity contribution in [2.24, 2.45) is 0 Å². The molecule has 0 spiro atoms. The van der Waals surface area contributed by atoms with Crippen molar-refractivity contribution in [1.82, 2.24) is 9.88 Å². The minimum absolute atomic E-state index is 0.494. The lowest BCUT2D eigenvalue weighted by Crippen LogP contribution is -2.37. The number of aromatic nitrogens is 1. The van der Waals surface area contributed by atoms with E-state index in [1.807, 2.05) is 6.07 Å². The Hall–Kier alpha value is -0.800. The van der Waals surface area contributed by atoms with Crippen LogP contribution in [0.25, 0.3) is 0 Å². The monoisotopic (exact) mass is 265 g/mol. The maximum atomic E-state index is 5.87. The van der Waals surface area contributed by atoms with Crippen molar-refractivity contribution >= 4 is 17.4 Å². The van der Waals surface area contributed by atoms with Crippen LogP contribution in [0.15, 0.2) is 18.2 Å². The highest BCUT2D eigenvalue weighted by atomic mass is 35.5. The summed E-state index contributed by atoms with van der Waals surface area (Å²) in [5.74, 6) is 1.59. The lowest BCUT2D eigenvalue weighted by molar-refractivity contribution is 0.254. The molecule has 2 unspecified atom stereocenters. The van der Waals surface area contributed by atoms with Gasteiger partial charge in [0.2, 0.25) is 0 Å². The van der Waals surface area contributed by atoms with Gasteiger partial charge in [0.25, 0.3) is 0 Å². The first-order valence-electron chi connectivity index (χ1n) is 6.76. The van der Waals surface area contributed by atoms with Crippen molar-refractivity contribution in [1.29, 1.82) is 0 Å². The topological polar surface area (TPSA) is 19.4 Å². The SMILES string of the molecule is CN1C2CCC1CN(c1cccc(CCl)n1)CC2. The van der Waals surface area contributed by atoms with Crippen LogP contribution in [0, 0.1) is 0 Å². The number of hydrogen-bond donors (Lipinski definition) is 0. The molecule has 1 aromatic rings. The number of anilines is 1. The second-order valence-electron chi connectivity index (χ2n) is 5.41. The van der Waals surface area contributed by atoms with E-state index in [0.29, 0.717) is 11.9 Å². The van der Waals surface area contributed by atoms with Gasteiger partial charge in [0.05, 0.1) is 11.6 Å². The molecule has 0 saturated carbocycles. The number of alkyl halides is 1. The van der Waals surface area contributed by atoms with Crippen LogP contribution in [0.3, 0.4) is 0 Å². The summed E-state index contributed by atoms with van der Waals surface area (Å²) in [7, 11) is 2.27. The number of halogens is 1. The summed E-state index contributed by atoms with van der Waals surface area (Å²) in [6, 6.07) is 7.63. The predicted molar refractivity (Wildman–Crippen MR) is 75.2 cm³/mol. The van der Waals surface area contributed by atoms with E-state index in [0.717, 1.165) is 30.6 Å². The fraction of sp³-hybridized carbons (Fsp3) is 0.643. The molecule has 3 nitrogen and oxygen atoms in total. The maximum absolute atomic E-state index is 5.87. The van der Waals surface area contributed by atoms with Gasteiger partial charge in [0.1, 0.15) is 5.82 Å². The van der Waals surface area contributed by atoms with E-state index < -0.39 is 0 Å². The largest absolute Gasteiger partial charge is 0.355 e. The lowest BCUT2D eigenvalue weighted by Gasteiger charge is -2.26. The van der Waals surface area contributed by atoms with Gasteiger partial charge in [-0.2, -0.15) is 0 Å². The van der Waals surface area contributed by atoms with Crippen molar-refractivity contribution in [3.05, 3.63) is 23.9 Å². The lowest BCUT2D eigenvalue weighted by atomic mass is 10.1. The van der Waals surface area contributed by atoms with Crippen LogP contribution >= 0.6 is 11.6 Å². The fourth-order valence-corrected chi connectivity index (χ4v) is 3.38. The summed E-state index contributed by atoms with van der Waals surface area (Å²) in [6.45, 7) is 2.22. The first-order chi connectivity index (χ1) is 8.78. The van der Waals surface area contributed by atoms with E-state index >= 15 is 0 Å². The van der Waals surface area contributed by atoms with E-state index in [1.54, 1.807) is 0 Å². The van der Waals surface area contributed by atoms with Gasteiger partial charge in [0, 0.05) is 25.2 Å². The number of pyridine rings is 1. The number of hydrogen-bond acceptors (Lipinski definition) is 3. The minimum atomic E-state index is 0.494. The zero-order valence-corrected chi connectivity index (χ0v) is 11.6. The third kappa shape index (κ3) is 2.21. The van der Waals surface area contributed by atoms with Crippen LogP contribution in [0.4, 0.5) is 5.82 Å². The molecule has 18 heavy (non-hydrogen) atoms. The maximum Gasteiger partial charge on any atom is 0.128 e. The molecule has 0 aromatic carbocycles. The molecule has 3 heterocycles. The van der Waals surface area contributed by atoms with E-state index in [4.69, 9.17) is 11.6 Å². The molecule has 98 valence electrons. The molecule has 3 rings (SSSR count). The average molecular weight is 266 g/mol. The molecule has 0 aliphatic carbocycles. The summed E-state index contributed by atoms with van der Waals surface area (Å²) in [4.78, 5) is 9.63. The number of fused-ring (bicyclic) bond motifs is 2. The van der Waals surface area contributed by atoms with Gasteiger partial charge in [-0.1, -0.05) is 6.07 Å². The third-order valence-electron chi connectivity index (χ3n) is 4.40. The molecule has 4 heteroatoms. The van der Waals surface area contributed by atoms with Gasteiger partial charge in [0.15, 0.2) is 0 Å². The van der Waals surface area contributed by atoms with Crippen LogP contribution in [-0.4, -0.2) is 42.1 Å². The molecule has 2 atom stereocenters. The van der Waals surface area contributed by atoms with Crippen molar-refractivity contribution in [3.8, 4) is 0 Å². The highest BCUT2D eigenvalue weighted by Gasteiger charge is 2.34. The van der Waals surface area contributed by atoms with Crippen LogP contribution in [-0.2, 0) is 5.88 Å². The third-order valence-corrected chi connectivity index (χ3v) is 4.68. The first-order valence-corrected chi connectivity index (χ1v) is 7.30. The van der Waals surface area contributed by atoms with Gasteiger partial charge < -0.3 is 4.90 Å². The highest BCUT2D eigenvalue weighted by molar-refractivity contribution is 6.16. The summed E-state index contributed by atoms with van der Waals surface area (Å²) >= 11 is 5.87. The summed E-state index contributed by atoms with van der Waals surface area (Å²) in [5, 5.41) is 0. The second kappa shape index (κ2) is 5.06. The summed E-state index contributed by atoms with van der Waals surface area (Å²) in [5.41, 5.74) is 0.969. The Labute approximate surface area is 114 Å². The Bertz CT molecular complexity index is 423. The smallest absolute Gasteiger partial charge is 0.128 e. The molecule has 1 aromatic heterocycles. The van der Waals surface area contributed by atoms with Crippen LogP contribution in [0.5, 0.6) is 0 Å². The molecule has 2 fully saturated rings. The van der Waals surface area contributed by atoms with Gasteiger partial charge in [-0.25, -0.2) is 4.98 Å². The van der Waals surface area contributed by atoms with E-state index in [9.17, 15) is 0 Å². The Morgan fingerprint density at radius 1 is 1.28 bits per heavy atom. The van der Waals surface area contributed by atoms with Crippen LogP contribution in [0.1, 0.15) is 25.0 Å². The molecule has 0 amide bonds. The molecular formula is C14H20ClN3. The van der Waals surface area contributed by atoms with Crippen molar-refractivity contribution in [2.45, 2.75) is 37.2 Å². The molecule has 2 bridgehead atoms. The fourth-order valence-electron chi connectivity index (χ4n) is 3.23. The van der Waals surface area contributed by atoms with Crippen molar-refractivity contribution in [2.75, 3.05) is 25.0 Å². The highest BCUT2D eigenvalue weighted by Crippen LogP contribution is 2.30. The Balaban J connectivity index is 1.80. The standard InChI is InChI=1S/C14H20ClN3/c1-17-12-5-6-13(17)10-18(8-7-12)14-4-2-3-11(9-15)16-14/h2-4,12-13H,5-10H2,1H3. The summed E-state index contributed by atoms with van der Waals surface area (Å²) < 4.78 is 0. The second-order valence-corrected chi connectivity index (χ2v) is 5.67. The van der Waals surface area contributed by atoms with Gasteiger partial charge in [-0.15, -0.1) is 11.6 Å². The van der Waals surface area contributed by atoms with Crippen molar-refractivity contribution < 1.29 is 0 Å². The number of nitrogens with zero attached hydrogens (tertiary/aromatic N) is 3. The van der Waals surface area contributed by atoms with Crippen LogP contribution in [0.2, 0.25) is 0 Å². The minimum Gasteiger partial charge on any atom is -0.355 e. The number of likely N-dealkylation sites (N-methyl/N-ethyl adjacent to an activating group) is 1. The molecule has 2 aliphatic heterocycles. The van der Waals surface area contributed by atoms with E-state index in [1.165, 1.54) is 19.3 Å². The van der Waals surface area contributed by atoms with Gasteiger partial charge >= 0.3 is 0 Å². The Morgan fingerprint density at radius 3 is 2.94 bits per heavy atom. The van der Waals surface area contributed by atoms with E-state index in [2.05, 4.69) is 34.0 Å². The zero-order chi connectivity index (χ0) is 12.5.